The van der Waals surface area contributed by atoms with Crippen LogP contribution in [0, 0.1) is 11.8 Å². The molecule has 1 aliphatic heterocycles. The molecule has 14 heavy (non-hydrogen) atoms. The summed E-state index contributed by atoms with van der Waals surface area (Å²) in [5, 5.41) is 3.90. The number of nitrogens with zero attached hydrogens (tertiary/aromatic N) is 1. The second-order valence-electron chi connectivity index (χ2n) is 5.70. The maximum absolute atomic E-state index is 3.90. The molecule has 0 spiro atoms. The number of likely N-dealkylation sites (tertiary alicyclic amines) is 1. The van der Waals surface area contributed by atoms with Gasteiger partial charge in [0.2, 0.25) is 0 Å². The third-order valence-corrected chi connectivity index (χ3v) is 4.58. The van der Waals surface area contributed by atoms with Gasteiger partial charge in [-0.3, -0.25) is 0 Å². The Hall–Kier alpha value is -0.0800. The quantitative estimate of drug-likeness (QED) is 0.716. The van der Waals surface area contributed by atoms with Crippen molar-refractivity contribution in [1.29, 1.82) is 0 Å². The molecule has 3 rings (SSSR count). The summed E-state index contributed by atoms with van der Waals surface area (Å²) in [4.78, 5) is 2.45. The molecule has 0 unspecified atom stereocenters. The zero-order chi connectivity index (χ0) is 9.54. The highest BCUT2D eigenvalue weighted by Gasteiger charge is 2.40. The number of rotatable bonds is 2. The lowest BCUT2D eigenvalue weighted by Crippen LogP contribution is -2.42. The molecule has 0 aromatic rings. The molecule has 1 saturated heterocycles. The summed E-state index contributed by atoms with van der Waals surface area (Å²) in [6.45, 7) is 2.56. The molecule has 2 heteroatoms. The van der Waals surface area contributed by atoms with E-state index in [1.165, 1.54) is 45.2 Å². The van der Waals surface area contributed by atoms with Crippen molar-refractivity contribution in [3.05, 3.63) is 0 Å². The summed E-state index contributed by atoms with van der Waals surface area (Å²) in [6.07, 6.45) is 7.40. The molecule has 0 aromatic heterocycles. The molecule has 2 aliphatic carbocycles. The van der Waals surface area contributed by atoms with E-state index in [1.807, 2.05) is 0 Å². The van der Waals surface area contributed by atoms with Crippen LogP contribution in [0.2, 0.25) is 0 Å². The van der Waals surface area contributed by atoms with Gasteiger partial charge >= 0.3 is 0 Å². The maximum Gasteiger partial charge on any atom is 0.0209 e. The first-order valence-corrected chi connectivity index (χ1v) is 6.26. The van der Waals surface area contributed by atoms with Crippen LogP contribution in [0.25, 0.3) is 0 Å². The van der Waals surface area contributed by atoms with Gasteiger partial charge in [-0.05, 0) is 51.1 Å². The van der Waals surface area contributed by atoms with Gasteiger partial charge in [-0.1, -0.05) is 6.42 Å². The monoisotopic (exact) mass is 194 g/mol. The van der Waals surface area contributed by atoms with Crippen LogP contribution >= 0.6 is 0 Å². The molecule has 0 radical (unpaired) electrons. The van der Waals surface area contributed by atoms with Gasteiger partial charge in [0, 0.05) is 18.6 Å². The lowest BCUT2D eigenvalue weighted by atomic mass is 9.94. The van der Waals surface area contributed by atoms with Gasteiger partial charge < -0.3 is 10.2 Å². The third kappa shape index (κ3) is 1.59. The summed E-state index contributed by atoms with van der Waals surface area (Å²) < 4.78 is 0. The second kappa shape index (κ2) is 3.49. The zero-order valence-electron chi connectivity index (χ0n) is 9.21. The van der Waals surface area contributed by atoms with Crippen molar-refractivity contribution in [3.8, 4) is 0 Å². The van der Waals surface area contributed by atoms with Crippen LogP contribution in [0.3, 0.4) is 0 Å². The van der Waals surface area contributed by atoms with Gasteiger partial charge in [-0.2, -0.15) is 0 Å². The molecule has 2 nitrogen and oxygen atoms in total. The van der Waals surface area contributed by atoms with Crippen molar-refractivity contribution >= 4 is 0 Å². The van der Waals surface area contributed by atoms with Crippen LogP contribution < -0.4 is 5.32 Å². The van der Waals surface area contributed by atoms with Crippen molar-refractivity contribution in [3.63, 3.8) is 0 Å². The van der Waals surface area contributed by atoms with Gasteiger partial charge in [0.05, 0.1) is 0 Å². The van der Waals surface area contributed by atoms with Crippen molar-refractivity contribution < 1.29 is 0 Å². The van der Waals surface area contributed by atoms with Crippen LogP contribution in [0.5, 0.6) is 0 Å². The van der Waals surface area contributed by atoms with Gasteiger partial charge in [-0.25, -0.2) is 0 Å². The molecule has 0 aromatic carbocycles. The third-order valence-electron chi connectivity index (χ3n) is 4.58. The van der Waals surface area contributed by atoms with Crippen molar-refractivity contribution in [2.24, 2.45) is 11.8 Å². The fourth-order valence-electron chi connectivity index (χ4n) is 3.82. The lowest BCUT2D eigenvalue weighted by Gasteiger charge is -2.26. The minimum atomic E-state index is 0.796. The van der Waals surface area contributed by atoms with Gasteiger partial charge in [0.1, 0.15) is 0 Å². The van der Waals surface area contributed by atoms with Crippen LogP contribution in [0.15, 0.2) is 0 Å². The Balaban J connectivity index is 1.53. The Morgan fingerprint density at radius 2 is 2.07 bits per heavy atom. The van der Waals surface area contributed by atoms with Crippen molar-refractivity contribution in [2.75, 3.05) is 20.1 Å². The Morgan fingerprint density at radius 1 is 1.14 bits per heavy atom. The number of fused-ring (bicyclic) bond motifs is 2. The molecule has 1 N–H and O–H groups in total. The normalized spacial score (nSPS) is 47.8. The molecule has 2 saturated carbocycles. The van der Waals surface area contributed by atoms with E-state index in [4.69, 9.17) is 0 Å². The van der Waals surface area contributed by atoms with E-state index < -0.39 is 0 Å². The van der Waals surface area contributed by atoms with E-state index in [-0.39, 0.29) is 0 Å². The smallest absolute Gasteiger partial charge is 0.0209 e. The molecule has 4 atom stereocenters. The number of hydrogen-bond donors (Lipinski definition) is 1. The number of nitrogens with one attached hydrogen (secondary N) is 1. The Morgan fingerprint density at radius 3 is 2.64 bits per heavy atom. The molecule has 0 amide bonds. The highest BCUT2D eigenvalue weighted by atomic mass is 15.2. The minimum Gasteiger partial charge on any atom is -0.310 e. The Bertz CT molecular complexity index is 216. The predicted molar refractivity (Wildman–Crippen MR) is 58.3 cm³/mol. The first-order chi connectivity index (χ1) is 6.81. The summed E-state index contributed by atoms with van der Waals surface area (Å²) in [6, 6.07) is 1.68. The summed E-state index contributed by atoms with van der Waals surface area (Å²) >= 11 is 0. The van der Waals surface area contributed by atoms with Crippen LogP contribution in [0.4, 0.5) is 0 Å². The average molecular weight is 194 g/mol. The lowest BCUT2D eigenvalue weighted by molar-refractivity contribution is 0.312. The SMILES string of the molecule is CN1CC[C@H](N[C@@H]2C[C@@H]3CC[C@@H]2C3)C1. The van der Waals surface area contributed by atoms with E-state index in [0.29, 0.717) is 0 Å². The van der Waals surface area contributed by atoms with Gasteiger partial charge in [-0.15, -0.1) is 0 Å². The molecular weight excluding hydrogens is 172 g/mol. The summed E-state index contributed by atoms with van der Waals surface area (Å²) in [5.41, 5.74) is 0. The zero-order valence-corrected chi connectivity index (χ0v) is 9.21. The molecule has 3 fully saturated rings. The fourth-order valence-corrected chi connectivity index (χ4v) is 3.82. The molecular formula is C12H22N2. The standard InChI is InChI=1S/C12H22N2/c1-14-5-4-11(8-14)13-12-7-9-2-3-10(12)6-9/h9-13H,2-8H2,1H3/t9-,10-,11+,12-/m1/s1. The fraction of sp³-hybridized carbons (Fsp3) is 1.00. The van der Waals surface area contributed by atoms with E-state index in [9.17, 15) is 0 Å². The van der Waals surface area contributed by atoms with E-state index in [0.717, 1.165) is 23.9 Å². The van der Waals surface area contributed by atoms with E-state index in [2.05, 4.69) is 17.3 Å². The number of likely N-dealkylation sites (N-methyl/N-ethyl adjacent to an activating group) is 1. The highest BCUT2D eigenvalue weighted by Crippen LogP contribution is 2.44. The molecule has 2 bridgehead atoms. The van der Waals surface area contributed by atoms with Crippen molar-refractivity contribution in [2.45, 2.75) is 44.2 Å². The maximum atomic E-state index is 3.90. The minimum absolute atomic E-state index is 0.796. The Kier molecular flexibility index (Phi) is 2.29. The predicted octanol–water partition coefficient (Wildman–Crippen LogP) is 1.47. The van der Waals surface area contributed by atoms with Gasteiger partial charge in [0.15, 0.2) is 0 Å². The Labute approximate surface area is 87.0 Å². The number of hydrogen-bond acceptors (Lipinski definition) is 2. The van der Waals surface area contributed by atoms with E-state index in [1.54, 1.807) is 0 Å². The average Bonchev–Trinajstić information content (AvgIpc) is 2.82. The first kappa shape index (κ1) is 9.17. The molecule has 1 heterocycles. The highest BCUT2D eigenvalue weighted by molar-refractivity contribution is 4.96. The van der Waals surface area contributed by atoms with Crippen LogP contribution in [0.1, 0.15) is 32.1 Å². The summed E-state index contributed by atoms with van der Waals surface area (Å²) in [7, 11) is 2.24. The summed E-state index contributed by atoms with van der Waals surface area (Å²) in [5.74, 6) is 2.11. The topological polar surface area (TPSA) is 15.3 Å². The van der Waals surface area contributed by atoms with Crippen LogP contribution in [-0.2, 0) is 0 Å². The van der Waals surface area contributed by atoms with E-state index >= 15 is 0 Å². The molecule has 3 aliphatic rings. The van der Waals surface area contributed by atoms with Gasteiger partial charge in [0.25, 0.3) is 0 Å². The van der Waals surface area contributed by atoms with Crippen LogP contribution in [-0.4, -0.2) is 37.1 Å². The second-order valence-corrected chi connectivity index (χ2v) is 5.70. The largest absolute Gasteiger partial charge is 0.310 e. The first-order valence-electron chi connectivity index (χ1n) is 6.26. The molecule has 80 valence electrons. The van der Waals surface area contributed by atoms with Crippen molar-refractivity contribution in [1.82, 2.24) is 10.2 Å².